The second kappa shape index (κ2) is 3.35. The van der Waals surface area contributed by atoms with Gasteiger partial charge in [-0.25, -0.2) is 0 Å². The highest BCUT2D eigenvalue weighted by atomic mass is 16.1. The fraction of sp³-hybridized carbons (Fsp3) is 0.600. The van der Waals surface area contributed by atoms with Crippen molar-refractivity contribution in [2.24, 2.45) is 0 Å². The minimum absolute atomic E-state index is 0.317. The van der Waals surface area contributed by atoms with Crippen LogP contribution >= 0.6 is 0 Å². The van der Waals surface area contributed by atoms with Crippen molar-refractivity contribution in [3.05, 3.63) is 0 Å². The molecule has 0 aliphatic carbocycles. The third-order valence-electron chi connectivity index (χ3n) is 0.602. The first kappa shape index (κ1) is 6.16. The van der Waals surface area contributed by atoms with E-state index in [-0.39, 0.29) is 5.78 Å². The molecule has 0 bridgehead atoms. The maximum atomic E-state index is 10.1. The summed E-state index contributed by atoms with van der Waals surface area (Å²) in [5.74, 6) is -0.317. The van der Waals surface area contributed by atoms with Crippen LogP contribution in [0.1, 0.15) is 19.8 Å². The van der Waals surface area contributed by atoms with Crippen LogP contribution in [0.4, 0.5) is 0 Å². The number of nitriles is 1. The molecular formula is C5H7NO. The van der Waals surface area contributed by atoms with Crippen molar-refractivity contribution >= 4 is 5.78 Å². The summed E-state index contributed by atoms with van der Waals surface area (Å²) in [6.45, 7) is 1.87. The Morgan fingerprint density at radius 3 is 2.57 bits per heavy atom. The van der Waals surface area contributed by atoms with Gasteiger partial charge in [-0.15, -0.1) is 0 Å². The molecule has 0 heterocycles. The van der Waals surface area contributed by atoms with Crippen molar-refractivity contribution in [2.45, 2.75) is 19.8 Å². The highest BCUT2D eigenvalue weighted by Gasteiger charge is 1.91. The molecule has 0 atom stereocenters. The molecular weight excluding hydrogens is 90.1 g/mol. The minimum atomic E-state index is -0.317. The first-order valence-electron chi connectivity index (χ1n) is 2.24. The lowest BCUT2D eigenvalue weighted by Gasteiger charge is -1.77. The molecule has 2 nitrogen and oxygen atoms in total. The van der Waals surface area contributed by atoms with E-state index in [1.165, 1.54) is 6.07 Å². The Hall–Kier alpha value is -0.840. The zero-order valence-corrected chi connectivity index (χ0v) is 4.27. The van der Waals surface area contributed by atoms with E-state index in [9.17, 15) is 4.79 Å². The van der Waals surface area contributed by atoms with Crippen LogP contribution < -0.4 is 0 Å². The van der Waals surface area contributed by atoms with Gasteiger partial charge in [-0.3, -0.25) is 4.79 Å². The number of ketones is 1. The van der Waals surface area contributed by atoms with E-state index in [0.29, 0.717) is 6.42 Å². The standard InChI is InChI=1S/C5H7NO/c1-2-3-5(7)4-6/h2-3H2,1H3. The number of Topliss-reactive ketones (excluding diaryl/α,β-unsaturated/α-hetero) is 1. The summed E-state index contributed by atoms with van der Waals surface area (Å²) < 4.78 is 0. The second-order valence-corrected chi connectivity index (χ2v) is 1.28. The van der Waals surface area contributed by atoms with E-state index < -0.39 is 0 Å². The summed E-state index contributed by atoms with van der Waals surface area (Å²) in [5, 5.41) is 7.87. The van der Waals surface area contributed by atoms with Crippen LogP contribution in [0.5, 0.6) is 0 Å². The van der Waals surface area contributed by atoms with Crippen molar-refractivity contribution in [1.82, 2.24) is 0 Å². The Morgan fingerprint density at radius 2 is 2.43 bits per heavy atom. The predicted molar refractivity (Wildman–Crippen MR) is 25.5 cm³/mol. The lowest BCUT2D eigenvalue weighted by molar-refractivity contribution is -0.114. The Morgan fingerprint density at radius 1 is 1.86 bits per heavy atom. The summed E-state index contributed by atoms with van der Waals surface area (Å²) in [6.07, 6.45) is 1.17. The SMILES string of the molecule is CCCC(=O)C#N. The van der Waals surface area contributed by atoms with Gasteiger partial charge in [0.15, 0.2) is 0 Å². The minimum Gasteiger partial charge on any atom is -0.283 e. The molecule has 0 fully saturated rings. The lowest BCUT2D eigenvalue weighted by Crippen LogP contribution is -1.88. The molecule has 0 amide bonds. The van der Waals surface area contributed by atoms with Crippen LogP contribution in [0.25, 0.3) is 0 Å². The molecule has 0 rings (SSSR count). The number of carbonyl (C=O) groups is 1. The fourth-order valence-electron chi connectivity index (χ4n) is 0.283. The van der Waals surface area contributed by atoms with Crippen LogP contribution in [-0.4, -0.2) is 5.78 Å². The maximum Gasteiger partial charge on any atom is 0.231 e. The summed E-state index contributed by atoms with van der Waals surface area (Å²) in [7, 11) is 0. The van der Waals surface area contributed by atoms with Crippen molar-refractivity contribution in [3.8, 4) is 6.07 Å². The molecule has 0 N–H and O–H groups in total. The van der Waals surface area contributed by atoms with Gasteiger partial charge in [0.25, 0.3) is 0 Å². The first-order valence-corrected chi connectivity index (χ1v) is 2.24. The first-order chi connectivity index (χ1) is 3.31. The Kier molecular flexibility index (Phi) is 2.95. The zero-order chi connectivity index (χ0) is 5.70. The van der Waals surface area contributed by atoms with Crippen molar-refractivity contribution < 1.29 is 4.79 Å². The van der Waals surface area contributed by atoms with Crippen molar-refractivity contribution in [3.63, 3.8) is 0 Å². The van der Waals surface area contributed by atoms with E-state index in [2.05, 4.69) is 0 Å². The van der Waals surface area contributed by atoms with Gasteiger partial charge in [0.2, 0.25) is 5.78 Å². The number of nitrogens with zero attached hydrogens (tertiary/aromatic N) is 1. The van der Waals surface area contributed by atoms with Crippen molar-refractivity contribution in [1.29, 1.82) is 5.26 Å². The zero-order valence-electron chi connectivity index (χ0n) is 4.27. The van der Waals surface area contributed by atoms with E-state index >= 15 is 0 Å². The fourth-order valence-corrected chi connectivity index (χ4v) is 0.283. The highest BCUT2D eigenvalue weighted by Crippen LogP contribution is 1.84. The van der Waals surface area contributed by atoms with Crippen LogP contribution in [0.2, 0.25) is 0 Å². The van der Waals surface area contributed by atoms with Crippen LogP contribution in [0.15, 0.2) is 0 Å². The lowest BCUT2D eigenvalue weighted by atomic mass is 10.2. The van der Waals surface area contributed by atoms with Crippen LogP contribution in [-0.2, 0) is 4.79 Å². The topological polar surface area (TPSA) is 40.9 Å². The van der Waals surface area contributed by atoms with Gasteiger partial charge in [0.1, 0.15) is 6.07 Å². The number of hydrogen-bond acceptors (Lipinski definition) is 2. The van der Waals surface area contributed by atoms with Gasteiger partial charge in [-0.2, -0.15) is 5.26 Å². The molecule has 38 valence electrons. The Labute approximate surface area is 42.8 Å². The molecule has 0 aliphatic heterocycles. The third kappa shape index (κ3) is 2.98. The van der Waals surface area contributed by atoms with Gasteiger partial charge < -0.3 is 0 Å². The summed E-state index contributed by atoms with van der Waals surface area (Å²) in [6, 6.07) is 1.53. The summed E-state index contributed by atoms with van der Waals surface area (Å²) in [4.78, 5) is 10.1. The van der Waals surface area contributed by atoms with Crippen molar-refractivity contribution in [2.75, 3.05) is 0 Å². The second-order valence-electron chi connectivity index (χ2n) is 1.28. The van der Waals surface area contributed by atoms with E-state index in [4.69, 9.17) is 5.26 Å². The van der Waals surface area contributed by atoms with E-state index in [0.717, 1.165) is 6.42 Å². The van der Waals surface area contributed by atoms with E-state index in [1.54, 1.807) is 0 Å². The number of carbonyl (C=O) groups excluding carboxylic acids is 1. The smallest absolute Gasteiger partial charge is 0.231 e. The molecule has 0 aromatic rings. The molecule has 0 spiro atoms. The molecule has 0 saturated carbocycles. The molecule has 7 heavy (non-hydrogen) atoms. The molecule has 0 aromatic heterocycles. The quantitative estimate of drug-likeness (QED) is 0.480. The monoisotopic (exact) mass is 97.1 g/mol. The summed E-state index contributed by atoms with van der Waals surface area (Å²) in [5.41, 5.74) is 0. The van der Waals surface area contributed by atoms with Gasteiger partial charge in [0, 0.05) is 6.42 Å². The average Bonchev–Trinajstić information content (AvgIpc) is 1.68. The van der Waals surface area contributed by atoms with Gasteiger partial charge in [-0.05, 0) is 6.42 Å². The maximum absolute atomic E-state index is 10.1. The van der Waals surface area contributed by atoms with Gasteiger partial charge in [-0.1, -0.05) is 6.92 Å². The molecule has 0 saturated heterocycles. The Bertz CT molecular complexity index is 101. The van der Waals surface area contributed by atoms with E-state index in [1.807, 2.05) is 6.92 Å². The number of hydrogen-bond donors (Lipinski definition) is 0. The molecule has 0 aliphatic rings. The van der Waals surface area contributed by atoms with Crippen LogP contribution in [0, 0.1) is 11.3 Å². The van der Waals surface area contributed by atoms with Gasteiger partial charge in [0.05, 0.1) is 0 Å². The number of rotatable bonds is 2. The van der Waals surface area contributed by atoms with Crippen LogP contribution in [0.3, 0.4) is 0 Å². The molecule has 0 aromatic carbocycles. The predicted octanol–water partition coefficient (Wildman–Crippen LogP) is 0.879. The Balaban J connectivity index is 3.24. The normalized spacial score (nSPS) is 7.43. The summed E-state index contributed by atoms with van der Waals surface area (Å²) >= 11 is 0. The molecule has 2 heteroatoms. The largest absolute Gasteiger partial charge is 0.283 e. The highest BCUT2D eigenvalue weighted by molar-refractivity contribution is 5.93. The average molecular weight is 97.1 g/mol. The third-order valence-corrected chi connectivity index (χ3v) is 0.602. The van der Waals surface area contributed by atoms with Gasteiger partial charge >= 0.3 is 0 Å². The molecule has 0 radical (unpaired) electrons. The molecule has 0 unspecified atom stereocenters.